The number of amides is 1. The van der Waals surface area contributed by atoms with Gasteiger partial charge in [0.25, 0.3) is 5.91 Å². The van der Waals surface area contributed by atoms with E-state index < -0.39 is 11.9 Å². The van der Waals surface area contributed by atoms with Gasteiger partial charge < -0.3 is 28.3 Å². The first-order valence-corrected chi connectivity index (χ1v) is 10.9. The summed E-state index contributed by atoms with van der Waals surface area (Å²) in [6, 6.07) is 10.6. The van der Waals surface area contributed by atoms with Gasteiger partial charge in [-0.1, -0.05) is 11.3 Å². The zero-order valence-corrected chi connectivity index (χ0v) is 18.5. The van der Waals surface area contributed by atoms with Gasteiger partial charge in [0.05, 0.1) is 23.4 Å². The minimum Gasteiger partial charge on any atom is -0.494 e. The first-order valence-electron chi connectivity index (χ1n) is 10.1. The number of carbonyl (C=O) groups excluding carboxylic acids is 2. The highest BCUT2D eigenvalue weighted by atomic mass is 32.1. The lowest BCUT2D eigenvalue weighted by Crippen LogP contribution is -2.24. The monoisotopic (exact) mass is 458 g/mol. The van der Waals surface area contributed by atoms with Crippen LogP contribution in [0.25, 0.3) is 10.2 Å². The molecule has 0 spiro atoms. The molecule has 0 radical (unpaired) electrons. The molecule has 1 aliphatic rings. The molecule has 0 atom stereocenters. The van der Waals surface area contributed by atoms with Gasteiger partial charge >= 0.3 is 5.97 Å². The molecule has 1 aliphatic heterocycles. The summed E-state index contributed by atoms with van der Waals surface area (Å²) in [5.74, 6) is 1.52. The topological polar surface area (TPSA) is 97.6 Å². The van der Waals surface area contributed by atoms with E-state index in [0.717, 1.165) is 10.4 Å². The van der Waals surface area contributed by atoms with Gasteiger partial charge in [0, 0.05) is 12.1 Å². The molecule has 4 rings (SSSR count). The zero-order valence-electron chi connectivity index (χ0n) is 17.7. The van der Waals surface area contributed by atoms with Crippen LogP contribution in [-0.2, 0) is 20.9 Å². The molecule has 32 heavy (non-hydrogen) atoms. The summed E-state index contributed by atoms with van der Waals surface area (Å²) in [7, 11) is 0. The van der Waals surface area contributed by atoms with Crippen LogP contribution in [-0.4, -0.2) is 43.1 Å². The van der Waals surface area contributed by atoms with E-state index in [4.69, 9.17) is 23.7 Å². The number of hydrogen-bond acceptors (Lipinski definition) is 8. The fraction of sp³-hybridized carbons (Fsp3) is 0.318. The van der Waals surface area contributed by atoms with Crippen molar-refractivity contribution < 1.29 is 33.3 Å². The molecular weight excluding hydrogens is 436 g/mol. The van der Waals surface area contributed by atoms with Crippen LogP contribution in [0.2, 0.25) is 0 Å². The second-order valence-electron chi connectivity index (χ2n) is 6.65. The van der Waals surface area contributed by atoms with Gasteiger partial charge in [-0.2, -0.15) is 4.99 Å². The number of fused-ring (bicyclic) bond motifs is 2. The maximum absolute atomic E-state index is 12.5. The highest BCUT2D eigenvalue weighted by molar-refractivity contribution is 7.16. The van der Waals surface area contributed by atoms with E-state index in [0.29, 0.717) is 34.2 Å². The van der Waals surface area contributed by atoms with Crippen LogP contribution in [0.4, 0.5) is 0 Å². The highest BCUT2D eigenvalue weighted by Crippen LogP contribution is 2.37. The molecule has 0 aliphatic carbocycles. The summed E-state index contributed by atoms with van der Waals surface area (Å²) in [6.07, 6.45) is 0. The van der Waals surface area contributed by atoms with Crippen molar-refractivity contribution in [3.05, 3.63) is 41.2 Å². The SMILES string of the molecule is CCOC(=O)Cn1c(=NC(=O)COc2ccc(OCC)cc2)sc2cc3c(cc21)OCO3. The minimum absolute atomic E-state index is 0.0840. The van der Waals surface area contributed by atoms with Gasteiger partial charge in [-0.25, -0.2) is 0 Å². The lowest BCUT2D eigenvalue weighted by Gasteiger charge is -2.06. The Kier molecular flexibility index (Phi) is 6.60. The maximum Gasteiger partial charge on any atom is 0.326 e. The van der Waals surface area contributed by atoms with Gasteiger partial charge in [-0.3, -0.25) is 9.59 Å². The summed E-state index contributed by atoms with van der Waals surface area (Å²) in [6.45, 7) is 4.28. The summed E-state index contributed by atoms with van der Waals surface area (Å²) in [5.41, 5.74) is 0.700. The number of esters is 1. The number of rotatable bonds is 8. The lowest BCUT2D eigenvalue weighted by molar-refractivity contribution is -0.143. The molecular formula is C22H22N2O7S. The highest BCUT2D eigenvalue weighted by Gasteiger charge is 2.19. The van der Waals surface area contributed by atoms with Crippen LogP contribution >= 0.6 is 11.3 Å². The first kappa shape index (κ1) is 21.7. The summed E-state index contributed by atoms with van der Waals surface area (Å²) < 4.78 is 29.3. The average Bonchev–Trinajstić information content (AvgIpc) is 3.36. The Morgan fingerprint density at radius 3 is 2.41 bits per heavy atom. The first-order chi connectivity index (χ1) is 15.6. The Hall–Kier alpha value is -3.53. The number of benzene rings is 2. The van der Waals surface area contributed by atoms with Crippen LogP contribution in [0.5, 0.6) is 23.0 Å². The van der Waals surface area contributed by atoms with Crippen molar-refractivity contribution >= 4 is 33.4 Å². The van der Waals surface area contributed by atoms with E-state index in [-0.39, 0.29) is 26.6 Å². The molecule has 0 unspecified atom stereocenters. The van der Waals surface area contributed by atoms with Gasteiger partial charge in [0.15, 0.2) is 22.9 Å². The number of nitrogens with zero attached hydrogens (tertiary/aromatic N) is 2. The Labute approximate surface area is 187 Å². The lowest BCUT2D eigenvalue weighted by atomic mass is 10.3. The number of thiazole rings is 1. The fourth-order valence-electron chi connectivity index (χ4n) is 3.12. The molecule has 0 saturated heterocycles. The van der Waals surface area contributed by atoms with Crippen LogP contribution in [0.1, 0.15) is 13.8 Å². The van der Waals surface area contributed by atoms with Gasteiger partial charge in [-0.15, -0.1) is 0 Å². The van der Waals surface area contributed by atoms with Crippen molar-refractivity contribution in [2.45, 2.75) is 20.4 Å². The smallest absolute Gasteiger partial charge is 0.326 e. The molecule has 0 bridgehead atoms. The normalized spacial score (nSPS) is 12.8. The van der Waals surface area contributed by atoms with Crippen LogP contribution in [0, 0.1) is 0 Å². The molecule has 2 aromatic carbocycles. The number of aromatic nitrogens is 1. The predicted molar refractivity (Wildman–Crippen MR) is 116 cm³/mol. The largest absolute Gasteiger partial charge is 0.494 e. The minimum atomic E-state index is -0.483. The third-order valence-electron chi connectivity index (χ3n) is 4.49. The van der Waals surface area contributed by atoms with E-state index >= 15 is 0 Å². The Morgan fingerprint density at radius 2 is 1.72 bits per heavy atom. The molecule has 168 valence electrons. The molecule has 3 aromatic rings. The fourth-order valence-corrected chi connectivity index (χ4v) is 4.17. The molecule has 0 saturated carbocycles. The van der Waals surface area contributed by atoms with E-state index in [1.165, 1.54) is 11.3 Å². The van der Waals surface area contributed by atoms with Crippen LogP contribution in [0.15, 0.2) is 41.4 Å². The van der Waals surface area contributed by atoms with Gasteiger partial charge in [0.2, 0.25) is 6.79 Å². The molecule has 1 amide bonds. The number of carbonyl (C=O) groups is 2. The average molecular weight is 458 g/mol. The summed E-state index contributed by atoms with van der Waals surface area (Å²) in [4.78, 5) is 29.2. The Morgan fingerprint density at radius 1 is 1.03 bits per heavy atom. The van der Waals surface area contributed by atoms with Gasteiger partial charge in [0.1, 0.15) is 18.0 Å². The van der Waals surface area contributed by atoms with Crippen molar-refractivity contribution in [2.24, 2.45) is 4.99 Å². The zero-order chi connectivity index (χ0) is 22.5. The van der Waals surface area contributed by atoms with Crippen molar-refractivity contribution in [1.82, 2.24) is 4.57 Å². The third kappa shape index (κ3) is 4.86. The van der Waals surface area contributed by atoms with Crippen molar-refractivity contribution in [2.75, 3.05) is 26.6 Å². The maximum atomic E-state index is 12.5. The predicted octanol–water partition coefficient (Wildman–Crippen LogP) is 2.90. The molecule has 0 fully saturated rings. The molecule has 0 N–H and O–H groups in total. The van der Waals surface area contributed by atoms with E-state index in [2.05, 4.69) is 4.99 Å². The van der Waals surface area contributed by atoms with E-state index in [9.17, 15) is 9.59 Å². The summed E-state index contributed by atoms with van der Waals surface area (Å²) >= 11 is 1.27. The second kappa shape index (κ2) is 9.73. The number of hydrogen-bond donors (Lipinski definition) is 0. The summed E-state index contributed by atoms with van der Waals surface area (Å²) in [5, 5.41) is 0. The second-order valence-corrected chi connectivity index (χ2v) is 7.66. The van der Waals surface area contributed by atoms with Crippen molar-refractivity contribution in [3.8, 4) is 23.0 Å². The Bertz CT molecular complexity index is 1200. The third-order valence-corrected chi connectivity index (χ3v) is 5.53. The standard InChI is InChI=1S/C22H22N2O7S/c1-3-27-14-5-7-15(8-6-14)29-12-20(25)23-22-24(11-21(26)28-4-2)16-9-17-18(31-13-30-17)10-19(16)32-22/h5-10H,3-4,11-13H2,1-2H3. The van der Waals surface area contributed by atoms with E-state index in [1.807, 2.05) is 13.0 Å². The van der Waals surface area contributed by atoms with Crippen molar-refractivity contribution in [3.63, 3.8) is 0 Å². The molecule has 10 heteroatoms. The van der Waals surface area contributed by atoms with Gasteiger partial charge in [-0.05, 0) is 38.1 Å². The molecule has 1 aromatic heterocycles. The quantitative estimate of drug-likeness (QED) is 0.479. The van der Waals surface area contributed by atoms with Crippen molar-refractivity contribution in [1.29, 1.82) is 0 Å². The Balaban J connectivity index is 1.58. The molecule has 2 heterocycles. The van der Waals surface area contributed by atoms with E-state index in [1.54, 1.807) is 41.8 Å². The van der Waals surface area contributed by atoms with Crippen LogP contribution < -0.4 is 23.7 Å². The van der Waals surface area contributed by atoms with Crippen LogP contribution in [0.3, 0.4) is 0 Å². The molecule has 9 nitrogen and oxygen atoms in total. The number of ether oxygens (including phenoxy) is 5.